The Bertz CT molecular complexity index is 958. The first kappa shape index (κ1) is 17.4. The summed E-state index contributed by atoms with van der Waals surface area (Å²) in [6.07, 6.45) is 4.47. The molecule has 140 valence electrons. The number of anilines is 1. The Balaban J connectivity index is 1.43. The zero-order valence-corrected chi connectivity index (χ0v) is 14.7. The summed E-state index contributed by atoms with van der Waals surface area (Å²) in [7, 11) is 0. The Kier molecular flexibility index (Phi) is 4.49. The molecule has 27 heavy (non-hydrogen) atoms. The summed E-state index contributed by atoms with van der Waals surface area (Å²) in [6, 6.07) is 9.58. The normalized spacial score (nSPS) is 19.6. The number of benzene rings is 1. The Labute approximate surface area is 155 Å². The van der Waals surface area contributed by atoms with Crippen molar-refractivity contribution in [3.63, 3.8) is 0 Å². The van der Waals surface area contributed by atoms with Crippen LogP contribution in [0.15, 0.2) is 48.9 Å². The molecule has 3 heterocycles. The molecule has 2 N–H and O–H groups in total. The number of nitrogens with one attached hydrogen (secondary N) is 1. The predicted molar refractivity (Wildman–Crippen MR) is 97.8 cm³/mol. The Hall–Kier alpha value is -3.00. The number of fused-ring (bicyclic) bond motifs is 1. The molecule has 4 rings (SSSR count). The lowest BCUT2D eigenvalue weighted by atomic mass is 9.81. The van der Waals surface area contributed by atoms with Gasteiger partial charge in [0.1, 0.15) is 12.1 Å². The first-order chi connectivity index (χ1) is 13.1. The second kappa shape index (κ2) is 6.96. The van der Waals surface area contributed by atoms with Gasteiger partial charge in [0, 0.05) is 36.5 Å². The van der Waals surface area contributed by atoms with Gasteiger partial charge in [0.2, 0.25) is 0 Å². The second-order valence-corrected chi connectivity index (χ2v) is 7.04. The number of urea groups is 1. The topological polar surface area (TPSA) is 82.8 Å². The van der Waals surface area contributed by atoms with E-state index >= 15 is 0 Å². The van der Waals surface area contributed by atoms with Crippen molar-refractivity contribution >= 4 is 17.4 Å². The van der Waals surface area contributed by atoms with Crippen molar-refractivity contribution < 1.29 is 14.3 Å². The molecular weight excluding hydrogens is 349 g/mol. The fraction of sp³-hybridized carbons (Fsp3) is 0.316. The summed E-state index contributed by atoms with van der Waals surface area (Å²) in [4.78, 5) is 18.4. The highest BCUT2D eigenvalue weighted by Gasteiger charge is 2.39. The first-order valence-corrected chi connectivity index (χ1v) is 8.78. The molecule has 7 nitrogen and oxygen atoms in total. The third-order valence-corrected chi connectivity index (χ3v) is 5.09. The number of carbonyl (C=O) groups is 1. The van der Waals surface area contributed by atoms with E-state index in [0.29, 0.717) is 37.3 Å². The van der Waals surface area contributed by atoms with Gasteiger partial charge in [0.05, 0.1) is 6.61 Å². The number of aromatic nitrogens is 3. The van der Waals surface area contributed by atoms with Crippen LogP contribution in [0.3, 0.4) is 0 Å². The van der Waals surface area contributed by atoms with Gasteiger partial charge in [0.15, 0.2) is 5.65 Å². The molecule has 0 saturated carbocycles. The van der Waals surface area contributed by atoms with Crippen molar-refractivity contribution in [2.75, 3.05) is 25.0 Å². The lowest BCUT2D eigenvalue weighted by molar-refractivity contribution is 0.132. The largest absolute Gasteiger partial charge is 0.396 e. The van der Waals surface area contributed by atoms with Crippen LogP contribution in [-0.2, 0) is 6.42 Å². The second-order valence-electron chi connectivity index (χ2n) is 7.04. The molecule has 8 heteroatoms. The number of aliphatic hydroxyl groups is 1. The van der Waals surface area contributed by atoms with Gasteiger partial charge >= 0.3 is 6.03 Å². The van der Waals surface area contributed by atoms with Gasteiger partial charge < -0.3 is 15.3 Å². The van der Waals surface area contributed by atoms with Gasteiger partial charge in [-0.15, -0.1) is 0 Å². The average Bonchev–Trinajstić information content (AvgIpc) is 3.31. The fourth-order valence-corrected chi connectivity index (χ4v) is 3.57. The zero-order chi connectivity index (χ0) is 18.9. The van der Waals surface area contributed by atoms with Crippen LogP contribution >= 0.6 is 0 Å². The molecule has 0 radical (unpaired) electrons. The van der Waals surface area contributed by atoms with Gasteiger partial charge in [-0.1, -0.05) is 12.1 Å². The smallest absolute Gasteiger partial charge is 0.321 e. The number of halogens is 1. The standard InChI is InChI=1S/C19H20FN5O2/c20-15-3-1-14(2-4-15)10-19(12-26)6-8-24(11-19)18(27)23-16-5-7-25-17(9-16)21-13-22-25/h1-5,7,9,13,26H,6,8,10-12H2,(H,23,27). The zero-order valence-electron chi connectivity index (χ0n) is 14.7. The molecule has 1 saturated heterocycles. The SMILES string of the molecule is O=C(Nc1ccn2ncnc2c1)N1CCC(CO)(Cc2ccc(F)cc2)C1. The monoisotopic (exact) mass is 369 g/mol. The molecule has 2 amide bonds. The highest BCUT2D eigenvalue weighted by molar-refractivity contribution is 5.90. The summed E-state index contributed by atoms with van der Waals surface area (Å²) in [5.41, 5.74) is 1.83. The molecule has 0 spiro atoms. The number of aliphatic hydroxyl groups excluding tert-OH is 1. The summed E-state index contributed by atoms with van der Waals surface area (Å²) < 4.78 is 14.7. The minimum atomic E-state index is -0.411. The van der Waals surface area contributed by atoms with E-state index in [9.17, 15) is 14.3 Å². The van der Waals surface area contributed by atoms with E-state index in [4.69, 9.17) is 0 Å². The molecule has 0 bridgehead atoms. The Morgan fingerprint density at radius 1 is 1.30 bits per heavy atom. The first-order valence-electron chi connectivity index (χ1n) is 8.78. The van der Waals surface area contributed by atoms with Gasteiger partial charge in [-0.3, -0.25) is 0 Å². The van der Waals surface area contributed by atoms with Crippen LogP contribution in [0.2, 0.25) is 0 Å². The third kappa shape index (κ3) is 3.61. The van der Waals surface area contributed by atoms with Crippen LogP contribution in [0.25, 0.3) is 5.65 Å². The number of nitrogens with zero attached hydrogens (tertiary/aromatic N) is 4. The number of pyridine rings is 1. The molecule has 1 aliphatic heterocycles. The highest BCUT2D eigenvalue weighted by Crippen LogP contribution is 2.34. The maximum absolute atomic E-state index is 13.1. The maximum Gasteiger partial charge on any atom is 0.321 e. The predicted octanol–water partition coefficient (Wildman–Crippen LogP) is 2.33. The third-order valence-electron chi connectivity index (χ3n) is 5.09. The molecular formula is C19H20FN5O2. The summed E-state index contributed by atoms with van der Waals surface area (Å²) in [5.74, 6) is -0.283. The fourth-order valence-electron chi connectivity index (χ4n) is 3.57. The lowest BCUT2D eigenvalue weighted by Crippen LogP contribution is -2.37. The van der Waals surface area contributed by atoms with E-state index in [1.165, 1.54) is 18.5 Å². The van der Waals surface area contributed by atoms with Crippen LogP contribution in [0, 0.1) is 11.2 Å². The van der Waals surface area contributed by atoms with Crippen molar-refractivity contribution in [2.24, 2.45) is 5.41 Å². The minimum absolute atomic E-state index is 0.0279. The van der Waals surface area contributed by atoms with Gasteiger partial charge in [-0.25, -0.2) is 18.7 Å². The molecule has 1 unspecified atom stereocenters. The molecule has 1 atom stereocenters. The van der Waals surface area contributed by atoms with Gasteiger partial charge in [-0.05, 0) is 36.6 Å². The van der Waals surface area contributed by atoms with E-state index in [-0.39, 0.29) is 18.5 Å². The van der Waals surface area contributed by atoms with Gasteiger partial charge in [0.25, 0.3) is 0 Å². The maximum atomic E-state index is 13.1. The van der Waals surface area contributed by atoms with Crippen LogP contribution in [0.4, 0.5) is 14.9 Å². The van der Waals surface area contributed by atoms with E-state index in [1.54, 1.807) is 39.9 Å². The summed E-state index contributed by atoms with van der Waals surface area (Å²) in [5, 5.41) is 16.9. The number of likely N-dealkylation sites (tertiary alicyclic amines) is 1. The van der Waals surface area contributed by atoms with E-state index in [0.717, 1.165) is 5.56 Å². The molecule has 0 aliphatic carbocycles. The van der Waals surface area contributed by atoms with Crippen LogP contribution in [0.5, 0.6) is 0 Å². The number of hydrogen-bond acceptors (Lipinski definition) is 4. The van der Waals surface area contributed by atoms with E-state index < -0.39 is 5.41 Å². The molecule has 1 aromatic carbocycles. The summed E-state index contributed by atoms with van der Waals surface area (Å²) in [6.45, 7) is 0.973. The van der Waals surface area contributed by atoms with Crippen molar-refractivity contribution in [3.05, 3.63) is 60.3 Å². The number of rotatable bonds is 4. The van der Waals surface area contributed by atoms with Gasteiger partial charge in [-0.2, -0.15) is 5.10 Å². The minimum Gasteiger partial charge on any atom is -0.396 e. The Morgan fingerprint density at radius 3 is 2.89 bits per heavy atom. The number of hydrogen-bond donors (Lipinski definition) is 2. The molecule has 1 aliphatic rings. The van der Waals surface area contributed by atoms with Crippen molar-refractivity contribution in [3.8, 4) is 0 Å². The van der Waals surface area contributed by atoms with E-state index in [2.05, 4.69) is 15.4 Å². The van der Waals surface area contributed by atoms with Crippen molar-refractivity contribution in [1.29, 1.82) is 0 Å². The Morgan fingerprint density at radius 2 is 2.11 bits per heavy atom. The van der Waals surface area contributed by atoms with Crippen molar-refractivity contribution in [1.82, 2.24) is 19.5 Å². The number of amides is 2. The van der Waals surface area contributed by atoms with Crippen LogP contribution in [0.1, 0.15) is 12.0 Å². The average molecular weight is 369 g/mol. The van der Waals surface area contributed by atoms with Crippen LogP contribution in [-0.4, -0.2) is 50.3 Å². The molecule has 1 fully saturated rings. The number of carbonyl (C=O) groups excluding carboxylic acids is 1. The molecule has 2 aromatic heterocycles. The van der Waals surface area contributed by atoms with Crippen LogP contribution < -0.4 is 5.32 Å². The lowest BCUT2D eigenvalue weighted by Gasteiger charge is -2.27. The van der Waals surface area contributed by atoms with E-state index in [1.807, 2.05) is 0 Å². The van der Waals surface area contributed by atoms with Crippen molar-refractivity contribution in [2.45, 2.75) is 12.8 Å². The quantitative estimate of drug-likeness (QED) is 0.739. The molecule has 3 aromatic rings. The highest BCUT2D eigenvalue weighted by atomic mass is 19.1. The summed E-state index contributed by atoms with van der Waals surface area (Å²) >= 11 is 0.